The lowest BCUT2D eigenvalue weighted by Crippen LogP contribution is -2.56. The molecule has 1 N–H and O–H groups in total. The average Bonchev–Trinajstić information content (AvgIpc) is 2.86. The second-order valence-electron chi connectivity index (χ2n) is 8.47. The van der Waals surface area contributed by atoms with E-state index in [9.17, 15) is 4.79 Å². The molecule has 1 aliphatic rings. The van der Waals surface area contributed by atoms with Crippen LogP contribution >= 0.6 is 11.8 Å². The van der Waals surface area contributed by atoms with Gasteiger partial charge >= 0.3 is 5.97 Å². The van der Waals surface area contributed by atoms with Crippen LogP contribution in [0.1, 0.15) is 36.6 Å². The Morgan fingerprint density at radius 1 is 1.18 bits per heavy atom. The Labute approximate surface area is 201 Å². The molecule has 0 aliphatic carbocycles. The molecule has 0 saturated carbocycles. The van der Waals surface area contributed by atoms with E-state index in [-0.39, 0.29) is 24.8 Å². The number of hydrogen-bond acceptors (Lipinski definition) is 7. The minimum atomic E-state index is -0.420. The van der Waals surface area contributed by atoms with Crippen LogP contribution in [0.5, 0.6) is 0 Å². The van der Waals surface area contributed by atoms with E-state index >= 15 is 0 Å². The molecule has 1 atom stereocenters. The van der Waals surface area contributed by atoms with Crippen LogP contribution in [0.3, 0.4) is 0 Å². The highest BCUT2D eigenvalue weighted by Gasteiger charge is 2.37. The van der Waals surface area contributed by atoms with Gasteiger partial charge in [0.25, 0.3) is 0 Å². The molecule has 1 aliphatic heterocycles. The van der Waals surface area contributed by atoms with Crippen LogP contribution in [-0.4, -0.2) is 55.6 Å². The van der Waals surface area contributed by atoms with Crippen molar-refractivity contribution in [2.75, 3.05) is 39.2 Å². The summed E-state index contributed by atoms with van der Waals surface area (Å²) in [6.45, 7) is 11.3. The summed E-state index contributed by atoms with van der Waals surface area (Å²) in [7, 11) is 0. The summed E-state index contributed by atoms with van der Waals surface area (Å²) in [5, 5.41) is 0. The van der Waals surface area contributed by atoms with Crippen molar-refractivity contribution in [3.63, 3.8) is 0 Å². The van der Waals surface area contributed by atoms with Gasteiger partial charge in [-0.15, -0.1) is 11.8 Å². The zero-order chi connectivity index (χ0) is 23.7. The summed E-state index contributed by atoms with van der Waals surface area (Å²) in [6, 6.07) is 16.0. The fourth-order valence-corrected chi connectivity index (χ4v) is 4.29. The Hall–Kier alpha value is -2.16. The Balaban J connectivity index is 1.60. The zero-order valence-electron chi connectivity index (χ0n) is 19.7. The predicted octanol–water partition coefficient (Wildman–Crippen LogP) is 4.47. The summed E-state index contributed by atoms with van der Waals surface area (Å²) < 4.78 is 10.9. The standard InChI is InChI=1S/C26H34N2O4S/c1-5-20-6-8-21(9-7-20)18-31-24(29)19-32-27-25(22-10-12-23(33-4)13-11-22)26(2,3)28-14-16-30-17-15-28/h5-13,25,27H,1,14-19H2,2-4H3. The maximum absolute atomic E-state index is 12.3. The molecule has 1 fully saturated rings. The lowest BCUT2D eigenvalue weighted by atomic mass is 9.87. The van der Waals surface area contributed by atoms with Gasteiger partial charge in [0.05, 0.1) is 19.3 Å². The number of hydroxylamine groups is 1. The maximum atomic E-state index is 12.3. The molecule has 178 valence electrons. The molecule has 0 aromatic heterocycles. The topological polar surface area (TPSA) is 60.0 Å². The summed E-state index contributed by atoms with van der Waals surface area (Å²) in [5.41, 5.74) is 5.93. The first-order valence-electron chi connectivity index (χ1n) is 11.1. The molecular formula is C26H34N2O4S. The van der Waals surface area contributed by atoms with E-state index < -0.39 is 5.97 Å². The highest BCUT2D eigenvalue weighted by molar-refractivity contribution is 7.98. The Bertz CT molecular complexity index is 894. The van der Waals surface area contributed by atoms with Gasteiger partial charge in [0.15, 0.2) is 6.61 Å². The van der Waals surface area contributed by atoms with E-state index in [1.807, 2.05) is 24.3 Å². The molecule has 1 unspecified atom stereocenters. The van der Waals surface area contributed by atoms with Crippen LogP contribution in [0.25, 0.3) is 6.08 Å². The van der Waals surface area contributed by atoms with E-state index in [1.54, 1.807) is 17.8 Å². The van der Waals surface area contributed by atoms with Crippen molar-refractivity contribution in [2.24, 2.45) is 0 Å². The Morgan fingerprint density at radius 2 is 1.85 bits per heavy atom. The average molecular weight is 471 g/mol. The molecule has 0 radical (unpaired) electrons. The largest absolute Gasteiger partial charge is 0.459 e. The number of carbonyl (C=O) groups is 1. The van der Waals surface area contributed by atoms with Crippen molar-refractivity contribution in [1.82, 2.24) is 10.4 Å². The van der Waals surface area contributed by atoms with E-state index in [4.69, 9.17) is 14.3 Å². The lowest BCUT2D eigenvalue weighted by molar-refractivity contribution is -0.155. The quantitative estimate of drug-likeness (QED) is 0.295. The third-order valence-electron chi connectivity index (χ3n) is 5.99. The fourth-order valence-electron chi connectivity index (χ4n) is 3.88. The first kappa shape index (κ1) is 25.5. The van der Waals surface area contributed by atoms with Crippen LogP contribution < -0.4 is 5.48 Å². The van der Waals surface area contributed by atoms with Gasteiger partial charge in [-0.2, -0.15) is 5.48 Å². The molecule has 33 heavy (non-hydrogen) atoms. The molecule has 7 heteroatoms. The van der Waals surface area contributed by atoms with Crippen molar-refractivity contribution in [2.45, 2.75) is 36.9 Å². The van der Waals surface area contributed by atoms with Crippen LogP contribution in [0.4, 0.5) is 0 Å². The molecule has 1 heterocycles. The summed E-state index contributed by atoms with van der Waals surface area (Å²) in [4.78, 5) is 21.5. The highest BCUT2D eigenvalue weighted by atomic mass is 32.2. The normalized spacial score (nSPS) is 15.7. The maximum Gasteiger partial charge on any atom is 0.334 e. The number of benzene rings is 2. The number of rotatable bonds is 11. The smallest absolute Gasteiger partial charge is 0.334 e. The molecule has 1 saturated heterocycles. The third-order valence-corrected chi connectivity index (χ3v) is 6.73. The molecule has 0 bridgehead atoms. The number of nitrogens with one attached hydrogen (secondary N) is 1. The number of esters is 1. The van der Waals surface area contributed by atoms with Gasteiger partial charge in [-0.1, -0.05) is 49.1 Å². The van der Waals surface area contributed by atoms with Gasteiger partial charge in [0.1, 0.15) is 6.61 Å². The van der Waals surface area contributed by atoms with Crippen LogP contribution in [0, 0.1) is 0 Å². The molecular weight excluding hydrogens is 436 g/mol. The fraction of sp³-hybridized carbons (Fsp3) is 0.423. The summed E-state index contributed by atoms with van der Waals surface area (Å²) in [6.07, 6.45) is 3.84. The number of nitrogens with zero attached hydrogens (tertiary/aromatic N) is 1. The van der Waals surface area contributed by atoms with Crippen molar-refractivity contribution < 1.29 is 19.1 Å². The second-order valence-corrected chi connectivity index (χ2v) is 9.35. The number of morpholine rings is 1. The van der Waals surface area contributed by atoms with Gasteiger partial charge < -0.3 is 9.47 Å². The lowest BCUT2D eigenvalue weighted by Gasteiger charge is -2.45. The number of thioether (sulfide) groups is 1. The van der Waals surface area contributed by atoms with Gasteiger partial charge in [-0.05, 0) is 48.9 Å². The molecule has 0 amide bonds. The minimum absolute atomic E-state index is 0.147. The Morgan fingerprint density at radius 3 is 2.45 bits per heavy atom. The van der Waals surface area contributed by atoms with Gasteiger partial charge in [0, 0.05) is 23.5 Å². The third kappa shape index (κ3) is 7.16. The van der Waals surface area contributed by atoms with E-state index in [2.05, 4.69) is 61.3 Å². The van der Waals surface area contributed by atoms with Gasteiger partial charge in [0.2, 0.25) is 0 Å². The van der Waals surface area contributed by atoms with Crippen molar-refractivity contribution >= 4 is 23.8 Å². The number of carbonyl (C=O) groups excluding carboxylic acids is 1. The van der Waals surface area contributed by atoms with Crippen LogP contribution in [0.15, 0.2) is 60.0 Å². The SMILES string of the molecule is C=Cc1ccc(COC(=O)CONC(c2ccc(SC)cc2)C(C)(C)N2CCOCC2)cc1. The van der Waals surface area contributed by atoms with Crippen molar-refractivity contribution in [1.29, 1.82) is 0 Å². The first-order chi connectivity index (χ1) is 15.9. The molecule has 2 aromatic rings. The summed E-state index contributed by atoms with van der Waals surface area (Å²) in [5.74, 6) is -0.420. The van der Waals surface area contributed by atoms with Gasteiger partial charge in [-0.3, -0.25) is 9.74 Å². The van der Waals surface area contributed by atoms with Crippen molar-refractivity contribution in [3.05, 3.63) is 71.8 Å². The van der Waals surface area contributed by atoms with E-state index in [0.29, 0.717) is 13.2 Å². The molecule has 2 aromatic carbocycles. The van der Waals surface area contributed by atoms with E-state index in [1.165, 1.54) is 4.90 Å². The monoisotopic (exact) mass is 470 g/mol. The predicted molar refractivity (Wildman–Crippen MR) is 133 cm³/mol. The number of ether oxygens (including phenoxy) is 2. The highest BCUT2D eigenvalue weighted by Crippen LogP contribution is 2.32. The van der Waals surface area contributed by atoms with Crippen LogP contribution in [-0.2, 0) is 25.7 Å². The zero-order valence-corrected chi connectivity index (χ0v) is 20.5. The van der Waals surface area contributed by atoms with Gasteiger partial charge in [-0.25, -0.2) is 4.79 Å². The number of hydrogen-bond donors (Lipinski definition) is 1. The second kappa shape index (κ2) is 12.3. The van der Waals surface area contributed by atoms with E-state index in [0.717, 1.165) is 29.8 Å². The molecule has 0 spiro atoms. The molecule has 3 rings (SSSR count). The first-order valence-corrected chi connectivity index (χ1v) is 12.4. The van der Waals surface area contributed by atoms with Crippen molar-refractivity contribution in [3.8, 4) is 0 Å². The minimum Gasteiger partial charge on any atom is -0.459 e. The molecule has 6 nitrogen and oxygen atoms in total. The summed E-state index contributed by atoms with van der Waals surface area (Å²) >= 11 is 1.71. The van der Waals surface area contributed by atoms with Crippen LogP contribution in [0.2, 0.25) is 0 Å². The Kier molecular flexibility index (Phi) is 9.52.